The SMILES string of the molecule is C=C(C)c1cc(C(C)(/C(=C/N)NC)c2ccc(C)nc2C)ccc1/N=C(/C)CCc1ccc(C(F)(F)F)cc1. The number of allylic oxidation sites excluding steroid dienone is 2. The first-order valence-electron chi connectivity index (χ1n) is 12.9. The van der Waals surface area contributed by atoms with E-state index in [9.17, 15) is 13.2 Å². The molecule has 39 heavy (non-hydrogen) atoms. The average molecular weight is 535 g/mol. The number of likely N-dealkylation sites (N-methyl/N-ethyl adjacent to an activating group) is 1. The lowest BCUT2D eigenvalue weighted by molar-refractivity contribution is -0.137. The molecular formula is C32H37F3N4. The van der Waals surface area contributed by atoms with Gasteiger partial charge in [-0.05, 0) is 100 Å². The van der Waals surface area contributed by atoms with Crippen molar-refractivity contribution in [1.29, 1.82) is 0 Å². The zero-order valence-corrected chi connectivity index (χ0v) is 23.5. The molecule has 1 atom stereocenters. The summed E-state index contributed by atoms with van der Waals surface area (Å²) in [6, 6.07) is 15.5. The highest BCUT2D eigenvalue weighted by molar-refractivity contribution is 5.87. The van der Waals surface area contributed by atoms with Gasteiger partial charge in [-0.15, -0.1) is 0 Å². The molecule has 0 saturated carbocycles. The molecule has 0 radical (unpaired) electrons. The van der Waals surface area contributed by atoms with Gasteiger partial charge in [-0.2, -0.15) is 13.2 Å². The van der Waals surface area contributed by atoms with Gasteiger partial charge >= 0.3 is 6.18 Å². The van der Waals surface area contributed by atoms with E-state index in [0.29, 0.717) is 12.8 Å². The van der Waals surface area contributed by atoms with E-state index in [0.717, 1.165) is 68.4 Å². The van der Waals surface area contributed by atoms with Crippen molar-refractivity contribution in [2.75, 3.05) is 7.05 Å². The summed E-state index contributed by atoms with van der Waals surface area (Å²) >= 11 is 0. The summed E-state index contributed by atoms with van der Waals surface area (Å²) in [7, 11) is 1.85. The summed E-state index contributed by atoms with van der Waals surface area (Å²) in [6.45, 7) is 14.2. The van der Waals surface area contributed by atoms with Crippen molar-refractivity contribution < 1.29 is 13.2 Å². The zero-order valence-electron chi connectivity index (χ0n) is 23.5. The van der Waals surface area contributed by atoms with E-state index in [-0.39, 0.29) is 0 Å². The number of pyridine rings is 1. The minimum Gasteiger partial charge on any atom is -0.403 e. The van der Waals surface area contributed by atoms with Crippen LogP contribution in [-0.2, 0) is 18.0 Å². The molecule has 1 unspecified atom stereocenters. The minimum atomic E-state index is -4.33. The number of aliphatic imine (C=N–C) groups is 1. The van der Waals surface area contributed by atoms with Crippen molar-refractivity contribution in [3.63, 3.8) is 0 Å². The monoisotopic (exact) mass is 534 g/mol. The third-order valence-electron chi connectivity index (χ3n) is 7.14. The number of nitrogens with one attached hydrogen (secondary N) is 1. The van der Waals surface area contributed by atoms with Crippen LogP contribution in [0.25, 0.3) is 5.57 Å². The Morgan fingerprint density at radius 2 is 1.67 bits per heavy atom. The predicted molar refractivity (Wildman–Crippen MR) is 155 cm³/mol. The molecule has 1 aromatic heterocycles. The Morgan fingerprint density at radius 1 is 1.03 bits per heavy atom. The smallest absolute Gasteiger partial charge is 0.403 e. The van der Waals surface area contributed by atoms with Crippen LogP contribution >= 0.6 is 0 Å². The number of rotatable bonds is 9. The summed E-state index contributed by atoms with van der Waals surface area (Å²) in [4.78, 5) is 9.57. The number of aromatic nitrogens is 1. The summed E-state index contributed by atoms with van der Waals surface area (Å²) in [5.74, 6) is 0. The second-order valence-electron chi connectivity index (χ2n) is 10.1. The first kappa shape index (κ1) is 29.7. The van der Waals surface area contributed by atoms with Gasteiger partial charge in [0, 0.05) is 41.6 Å². The van der Waals surface area contributed by atoms with Gasteiger partial charge in [0.25, 0.3) is 0 Å². The van der Waals surface area contributed by atoms with Crippen LogP contribution in [0, 0.1) is 13.8 Å². The lowest BCUT2D eigenvalue weighted by Crippen LogP contribution is -2.34. The van der Waals surface area contributed by atoms with Crippen LogP contribution in [0.2, 0.25) is 0 Å². The van der Waals surface area contributed by atoms with Gasteiger partial charge in [-0.3, -0.25) is 9.98 Å². The van der Waals surface area contributed by atoms with E-state index in [1.807, 2.05) is 46.9 Å². The third kappa shape index (κ3) is 6.59. The molecule has 0 aliphatic heterocycles. The molecule has 2 aromatic carbocycles. The molecule has 0 saturated heterocycles. The van der Waals surface area contributed by atoms with Crippen molar-refractivity contribution in [1.82, 2.24) is 10.3 Å². The topological polar surface area (TPSA) is 63.3 Å². The summed E-state index contributed by atoms with van der Waals surface area (Å²) < 4.78 is 38.6. The third-order valence-corrected chi connectivity index (χ3v) is 7.14. The Bertz CT molecular complexity index is 1400. The lowest BCUT2D eigenvalue weighted by atomic mass is 9.72. The quantitative estimate of drug-likeness (QED) is 0.275. The molecule has 3 N–H and O–H groups in total. The van der Waals surface area contributed by atoms with Crippen LogP contribution in [0.15, 0.2) is 78.1 Å². The summed E-state index contributed by atoms with van der Waals surface area (Å²) in [5, 5.41) is 3.27. The lowest BCUT2D eigenvalue weighted by Gasteiger charge is -2.35. The van der Waals surface area contributed by atoms with Crippen LogP contribution < -0.4 is 11.1 Å². The maximum Gasteiger partial charge on any atom is 0.416 e. The van der Waals surface area contributed by atoms with Crippen molar-refractivity contribution in [2.45, 2.75) is 59.1 Å². The standard InChI is InChI=1S/C32H37F3N4/c1-20(2)27-18-26(31(6,30(19-36)37-7)28-16-9-21(3)38-23(28)5)15-17-29(27)39-22(4)8-10-24-11-13-25(14-12-24)32(33,34)35/h9,11-19,37H,1,8,10,36H2,2-7H3/b30-19-,39-22-. The largest absolute Gasteiger partial charge is 0.416 e. The first-order chi connectivity index (χ1) is 18.3. The van der Waals surface area contributed by atoms with Crippen molar-refractivity contribution in [2.24, 2.45) is 10.7 Å². The number of benzene rings is 2. The summed E-state index contributed by atoms with van der Waals surface area (Å²) in [6.07, 6.45) is -1.52. The average Bonchev–Trinajstić information content (AvgIpc) is 2.87. The van der Waals surface area contributed by atoms with Gasteiger partial charge in [0.1, 0.15) is 0 Å². The highest BCUT2D eigenvalue weighted by atomic mass is 19.4. The van der Waals surface area contributed by atoms with Crippen molar-refractivity contribution in [3.05, 3.63) is 112 Å². The highest BCUT2D eigenvalue weighted by Crippen LogP contribution is 2.41. The zero-order chi connectivity index (χ0) is 29.0. The molecule has 1 heterocycles. The molecule has 3 aromatic rings. The predicted octanol–water partition coefficient (Wildman–Crippen LogP) is 7.80. The fourth-order valence-corrected chi connectivity index (χ4v) is 4.90. The Balaban J connectivity index is 1.97. The van der Waals surface area contributed by atoms with E-state index in [1.54, 1.807) is 6.20 Å². The molecule has 0 amide bonds. The van der Waals surface area contributed by atoms with E-state index in [2.05, 4.69) is 37.0 Å². The molecule has 0 spiro atoms. The maximum atomic E-state index is 12.9. The molecule has 0 aliphatic rings. The van der Waals surface area contributed by atoms with Crippen LogP contribution in [0.4, 0.5) is 18.9 Å². The summed E-state index contributed by atoms with van der Waals surface area (Å²) in [5.41, 5.74) is 13.9. The van der Waals surface area contributed by atoms with Gasteiger partial charge in [-0.25, -0.2) is 0 Å². The van der Waals surface area contributed by atoms with E-state index in [4.69, 9.17) is 15.7 Å². The number of hydrogen-bond acceptors (Lipinski definition) is 4. The number of halogens is 3. The molecular weight excluding hydrogens is 497 g/mol. The fraction of sp³-hybridized carbons (Fsp3) is 0.312. The van der Waals surface area contributed by atoms with Gasteiger partial charge in [0.2, 0.25) is 0 Å². The molecule has 3 rings (SSSR count). The molecule has 0 aliphatic carbocycles. The Morgan fingerprint density at radius 3 is 2.21 bits per heavy atom. The van der Waals surface area contributed by atoms with Gasteiger partial charge < -0.3 is 11.1 Å². The fourth-order valence-electron chi connectivity index (χ4n) is 4.90. The van der Waals surface area contributed by atoms with Crippen LogP contribution in [0.1, 0.15) is 66.4 Å². The molecule has 206 valence electrons. The normalized spacial score (nSPS) is 14.2. The highest BCUT2D eigenvalue weighted by Gasteiger charge is 2.35. The molecule has 4 nitrogen and oxygen atoms in total. The van der Waals surface area contributed by atoms with Crippen molar-refractivity contribution >= 4 is 17.0 Å². The van der Waals surface area contributed by atoms with E-state index < -0.39 is 17.2 Å². The molecule has 0 fully saturated rings. The van der Waals surface area contributed by atoms with Crippen LogP contribution in [0.3, 0.4) is 0 Å². The number of nitrogens with zero attached hydrogens (tertiary/aromatic N) is 2. The van der Waals surface area contributed by atoms with E-state index >= 15 is 0 Å². The maximum absolute atomic E-state index is 12.9. The van der Waals surface area contributed by atoms with Gasteiger partial charge in [-0.1, -0.05) is 30.8 Å². The van der Waals surface area contributed by atoms with Gasteiger partial charge in [0.15, 0.2) is 0 Å². The van der Waals surface area contributed by atoms with Gasteiger partial charge in [0.05, 0.1) is 16.7 Å². The Kier molecular flexibility index (Phi) is 9.05. The van der Waals surface area contributed by atoms with Crippen LogP contribution in [0.5, 0.6) is 0 Å². The molecule has 7 heteroatoms. The van der Waals surface area contributed by atoms with Crippen LogP contribution in [-0.4, -0.2) is 17.7 Å². The van der Waals surface area contributed by atoms with Crippen molar-refractivity contribution in [3.8, 4) is 0 Å². The molecule has 0 bridgehead atoms. The Hall–Kier alpha value is -3.87. The van der Waals surface area contributed by atoms with E-state index in [1.165, 1.54) is 12.1 Å². The Labute approximate surface area is 229 Å². The number of aryl methyl sites for hydroxylation is 3. The second kappa shape index (κ2) is 11.9. The minimum absolute atomic E-state index is 0.596. The first-order valence-corrected chi connectivity index (χ1v) is 12.9. The number of alkyl halides is 3. The second-order valence-corrected chi connectivity index (χ2v) is 10.1. The number of nitrogens with two attached hydrogens (primary N) is 1. The number of hydrogen-bond donors (Lipinski definition) is 2.